The maximum atomic E-state index is 10.9. The molecule has 0 aliphatic heterocycles. The van der Waals surface area contributed by atoms with Gasteiger partial charge in [0.1, 0.15) is 16.2 Å². The van der Waals surface area contributed by atoms with Crippen molar-refractivity contribution in [2.75, 3.05) is 5.32 Å². The van der Waals surface area contributed by atoms with E-state index in [-0.39, 0.29) is 5.69 Å². The number of aryl methyl sites for hydroxylation is 1. The fourth-order valence-electron chi connectivity index (χ4n) is 1.65. The molecular formula is C12H11BrN4O2. The Kier molecular flexibility index (Phi) is 4.06. The molecule has 2 aromatic rings. The van der Waals surface area contributed by atoms with E-state index in [1.54, 1.807) is 31.2 Å². The van der Waals surface area contributed by atoms with Gasteiger partial charge in [0.05, 0.1) is 4.92 Å². The van der Waals surface area contributed by atoms with E-state index in [4.69, 9.17) is 0 Å². The lowest BCUT2D eigenvalue weighted by atomic mass is 10.2. The summed E-state index contributed by atoms with van der Waals surface area (Å²) < 4.78 is 0.671. The lowest BCUT2D eigenvalue weighted by Gasteiger charge is -2.07. The van der Waals surface area contributed by atoms with Crippen LogP contribution in [0.15, 0.2) is 34.9 Å². The van der Waals surface area contributed by atoms with Crippen molar-refractivity contribution in [3.8, 4) is 0 Å². The summed E-state index contributed by atoms with van der Waals surface area (Å²) in [6, 6.07) is 8.34. The Bertz CT molecular complexity index is 598. The molecule has 98 valence electrons. The van der Waals surface area contributed by atoms with E-state index in [9.17, 15) is 10.1 Å². The SMILES string of the molecule is Cc1nc(Br)cc(NCc2ccccc2[N+](=O)[O-])n1. The lowest BCUT2D eigenvalue weighted by molar-refractivity contribution is -0.385. The normalized spacial score (nSPS) is 10.2. The Morgan fingerprint density at radius 2 is 2.11 bits per heavy atom. The number of rotatable bonds is 4. The van der Waals surface area contributed by atoms with E-state index in [1.165, 1.54) is 6.07 Å². The van der Waals surface area contributed by atoms with Gasteiger partial charge in [-0.1, -0.05) is 18.2 Å². The molecule has 1 aromatic heterocycles. The van der Waals surface area contributed by atoms with Gasteiger partial charge in [-0.15, -0.1) is 0 Å². The summed E-state index contributed by atoms with van der Waals surface area (Å²) in [7, 11) is 0. The zero-order valence-electron chi connectivity index (χ0n) is 10.1. The Labute approximate surface area is 118 Å². The van der Waals surface area contributed by atoms with Crippen LogP contribution >= 0.6 is 15.9 Å². The number of para-hydroxylation sites is 1. The highest BCUT2D eigenvalue weighted by molar-refractivity contribution is 9.10. The molecule has 0 saturated heterocycles. The van der Waals surface area contributed by atoms with Crippen LogP contribution in [-0.2, 0) is 6.54 Å². The molecule has 0 aliphatic carbocycles. The van der Waals surface area contributed by atoms with Gasteiger partial charge in [0.25, 0.3) is 5.69 Å². The molecule has 1 aromatic carbocycles. The number of nitrogens with one attached hydrogen (secondary N) is 1. The maximum Gasteiger partial charge on any atom is 0.274 e. The molecule has 0 aliphatic rings. The van der Waals surface area contributed by atoms with Crippen molar-refractivity contribution in [3.05, 3.63) is 56.4 Å². The van der Waals surface area contributed by atoms with E-state index < -0.39 is 4.92 Å². The van der Waals surface area contributed by atoms with Gasteiger partial charge in [0.2, 0.25) is 0 Å². The molecule has 1 N–H and O–H groups in total. The van der Waals surface area contributed by atoms with Crippen molar-refractivity contribution in [2.45, 2.75) is 13.5 Å². The van der Waals surface area contributed by atoms with Crippen LogP contribution in [0.4, 0.5) is 11.5 Å². The van der Waals surface area contributed by atoms with Crippen LogP contribution in [0.25, 0.3) is 0 Å². The lowest BCUT2D eigenvalue weighted by Crippen LogP contribution is -2.05. The molecule has 0 bridgehead atoms. The second-order valence-corrected chi connectivity index (χ2v) is 4.67. The van der Waals surface area contributed by atoms with Crippen LogP contribution in [0.5, 0.6) is 0 Å². The molecule has 7 heteroatoms. The maximum absolute atomic E-state index is 10.9. The average Bonchev–Trinajstić information content (AvgIpc) is 2.35. The summed E-state index contributed by atoms with van der Waals surface area (Å²) in [5.41, 5.74) is 0.708. The highest BCUT2D eigenvalue weighted by Gasteiger charge is 2.12. The number of hydrogen-bond donors (Lipinski definition) is 1. The fraction of sp³-hybridized carbons (Fsp3) is 0.167. The van der Waals surface area contributed by atoms with Crippen molar-refractivity contribution in [3.63, 3.8) is 0 Å². The van der Waals surface area contributed by atoms with E-state index in [0.717, 1.165) is 0 Å². The second-order valence-electron chi connectivity index (χ2n) is 3.86. The van der Waals surface area contributed by atoms with E-state index in [0.29, 0.717) is 28.4 Å². The summed E-state index contributed by atoms with van der Waals surface area (Å²) in [4.78, 5) is 18.8. The van der Waals surface area contributed by atoms with Gasteiger partial charge in [0, 0.05) is 24.2 Å². The van der Waals surface area contributed by atoms with Crippen LogP contribution in [-0.4, -0.2) is 14.9 Å². The van der Waals surface area contributed by atoms with E-state index in [1.807, 2.05) is 0 Å². The third-order valence-electron chi connectivity index (χ3n) is 2.45. The molecule has 0 spiro atoms. The van der Waals surface area contributed by atoms with Crippen LogP contribution in [0.3, 0.4) is 0 Å². The van der Waals surface area contributed by atoms with Crippen LogP contribution < -0.4 is 5.32 Å². The molecular weight excluding hydrogens is 312 g/mol. The molecule has 19 heavy (non-hydrogen) atoms. The third kappa shape index (κ3) is 3.47. The second kappa shape index (κ2) is 5.75. The first kappa shape index (κ1) is 13.4. The first-order valence-electron chi connectivity index (χ1n) is 5.53. The van der Waals surface area contributed by atoms with Crippen molar-refractivity contribution in [2.24, 2.45) is 0 Å². The van der Waals surface area contributed by atoms with Crippen LogP contribution in [0.1, 0.15) is 11.4 Å². The smallest absolute Gasteiger partial charge is 0.274 e. The molecule has 6 nitrogen and oxygen atoms in total. The molecule has 0 amide bonds. The van der Waals surface area contributed by atoms with E-state index >= 15 is 0 Å². The van der Waals surface area contributed by atoms with Gasteiger partial charge in [-0.05, 0) is 22.9 Å². The van der Waals surface area contributed by atoms with Gasteiger partial charge in [-0.25, -0.2) is 9.97 Å². The summed E-state index contributed by atoms with van der Waals surface area (Å²) >= 11 is 3.28. The summed E-state index contributed by atoms with van der Waals surface area (Å²) in [6.45, 7) is 2.11. The highest BCUT2D eigenvalue weighted by atomic mass is 79.9. The van der Waals surface area contributed by atoms with Gasteiger partial charge in [-0.2, -0.15) is 0 Å². The number of hydrogen-bond acceptors (Lipinski definition) is 5. The zero-order valence-corrected chi connectivity index (χ0v) is 11.7. The molecule has 1 heterocycles. The molecule has 0 saturated carbocycles. The van der Waals surface area contributed by atoms with Crippen molar-refractivity contribution < 1.29 is 4.92 Å². The Morgan fingerprint density at radius 3 is 2.79 bits per heavy atom. The van der Waals surface area contributed by atoms with Crippen LogP contribution in [0.2, 0.25) is 0 Å². The van der Waals surface area contributed by atoms with Gasteiger partial charge < -0.3 is 5.32 Å². The molecule has 2 rings (SSSR count). The number of aromatic nitrogens is 2. The molecule has 0 atom stereocenters. The quantitative estimate of drug-likeness (QED) is 0.531. The van der Waals surface area contributed by atoms with Gasteiger partial charge >= 0.3 is 0 Å². The Morgan fingerprint density at radius 1 is 1.37 bits per heavy atom. The summed E-state index contributed by atoms with van der Waals surface area (Å²) in [5.74, 6) is 1.25. The first-order chi connectivity index (χ1) is 9.06. The number of halogens is 1. The minimum Gasteiger partial charge on any atom is -0.366 e. The van der Waals surface area contributed by atoms with Crippen LogP contribution in [0, 0.1) is 17.0 Å². The third-order valence-corrected chi connectivity index (χ3v) is 2.86. The average molecular weight is 323 g/mol. The molecule has 0 unspecified atom stereocenters. The minimum absolute atomic E-state index is 0.0971. The fourth-order valence-corrected chi connectivity index (χ4v) is 2.12. The van der Waals surface area contributed by atoms with Gasteiger partial charge in [0.15, 0.2) is 0 Å². The Balaban J connectivity index is 2.16. The highest BCUT2D eigenvalue weighted by Crippen LogP contribution is 2.19. The predicted molar refractivity (Wildman–Crippen MR) is 74.9 cm³/mol. The Hall–Kier alpha value is -2.02. The summed E-state index contributed by atoms with van der Waals surface area (Å²) in [5, 5.41) is 13.9. The number of benzene rings is 1. The van der Waals surface area contributed by atoms with Gasteiger partial charge in [-0.3, -0.25) is 10.1 Å². The monoisotopic (exact) mass is 322 g/mol. The zero-order chi connectivity index (χ0) is 13.8. The number of nitrogens with zero attached hydrogens (tertiary/aromatic N) is 3. The number of nitro benzene ring substituents is 1. The number of anilines is 1. The molecule has 0 radical (unpaired) electrons. The van der Waals surface area contributed by atoms with Crippen molar-refractivity contribution in [1.29, 1.82) is 0 Å². The standard InChI is InChI=1S/C12H11BrN4O2/c1-8-15-11(13)6-12(16-8)14-7-9-4-2-3-5-10(9)17(18)19/h2-6H,7H2,1H3,(H,14,15,16). The van der Waals surface area contributed by atoms with Crippen molar-refractivity contribution in [1.82, 2.24) is 9.97 Å². The largest absolute Gasteiger partial charge is 0.366 e. The van der Waals surface area contributed by atoms with E-state index in [2.05, 4.69) is 31.2 Å². The first-order valence-corrected chi connectivity index (χ1v) is 6.33. The summed E-state index contributed by atoms with van der Waals surface area (Å²) in [6.07, 6.45) is 0. The molecule has 0 fully saturated rings. The predicted octanol–water partition coefficient (Wildman–Crippen LogP) is 3.07. The topological polar surface area (TPSA) is 81.0 Å². The minimum atomic E-state index is -0.391. The number of nitro groups is 1. The van der Waals surface area contributed by atoms with Crippen molar-refractivity contribution >= 4 is 27.4 Å².